The van der Waals surface area contributed by atoms with Crippen molar-refractivity contribution in [1.29, 1.82) is 0 Å². The number of H-pyrrole nitrogens is 1. The summed E-state index contributed by atoms with van der Waals surface area (Å²) in [5.41, 5.74) is 4.16. The van der Waals surface area contributed by atoms with Crippen LogP contribution in [-0.2, 0) is 17.8 Å². The van der Waals surface area contributed by atoms with Crippen LogP contribution in [0.25, 0.3) is 10.9 Å². The second-order valence-electron chi connectivity index (χ2n) is 5.89. The number of rotatable bonds is 6. The number of carbonyl (C=O) groups excluding carboxylic acids is 1. The van der Waals surface area contributed by atoms with Crippen LogP contribution in [0.1, 0.15) is 16.7 Å². The van der Waals surface area contributed by atoms with E-state index in [-0.39, 0.29) is 12.5 Å². The number of fused-ring (bicyclic) bond motifs is 1. The van der Waals surface area contributed by atoms with Gasteiger partial charge >= 0.3 is 0 Å². The maximum Gasteiger partial charge on any atom is 0.227 e. The predicted octanol–water partition coefficient (Wildman–Crippen LogP) is 2.43. The molecule has 1 amide bonds. The molecule has 0 unspecified atom stereocenters. The Kier molecular flexibility index (Phi) is 4.91. The van der Waals surface area contributed by atoms with E-state index in [1.54, 1.807) is 17.3 Å². The molecule has 2 aromatic heterocycles. The van der Waals surface area contributed by atoms with E-state index in [9.17, 15) is 9.90 Å². The Labute approximate surface area is 141 Å². The van der Waals surface area contributed by atoms with Gasteiger partial charge in [-0.2, -0.15) is 0 Å². The van der Waals surface area contributed by atoms with Crippen LogP contribution in [0, 0.1) is 6.92 Å². The molecule has 0 saturated heterocycles. The number of nitrogens with zero attached hydrogens (tertiary/aromatic N) is 2. The van der Waals surface area contributed by atoms with Crippen LogP contribution in [0.5, 0.6) is 0 Å². The van der Waals surface area contributed by atoms with Crippen molar-refractivity contribution < 1.29 is 9.90 Å². The maximum atomic E-state index is 12.7. The van der Waals surface area contributed by atoms with Gasteiger partial charge in [-0.15, -0.1) is 0 Å². The monoisotopic (exact) mass is 323 g/mol. The summed E-state index contributed by atoms with van der Waals surface area (Å²) in [6, 6.07) is 9.85. The minimum absolute atomic E-state index is 0.00434. The van der Waals surface area contributed by atoms with Crippen LogP contribution in [0.3, 0.4) is 0 Å². The van der Waals surface area contributed by atoms with Crippen LogP contribution in [0.2, 0.25) is 0 Å². The average molecular weight is 323 g/mol. The topological polar surface area (TPSA) is 69.2 Å². The highest BCUT2D eigenvalue weighted by atomic mass is 16.3. The Morgan fingerprint density at radius 2 is 2.17 bits per heavy atom. The summed E-state index contributed by atoms with van der Waals surface area (Å²) in [6.07, 6.45) is 5.66. The molecular formula is C19H21N3O2. The number of hydrogen-bond acceptors (Lipinski definition) is 3. The quantitative estimate of drug-likeness (QED) is 0.732. The molecule has 24 heavy (non-hydrogen) atoms. The fourth-order valence-electron chi connectivity index (χ4n) is 2.91. The average Bonchev–Trinajstić information content (AvgIpc) is 3.00. The zero-order valence-corrected chi connectivity index (χ0v) is 13.7. The maximum absolute atomic E-state index is 12.7. The summed E-state index contributed by atoms with van der Waals surface area (Å²) in [5.74, 6) is -0.00434. The zero-order valence-electron chi connectivity index (χ0n) is 13.7. The van der Waals surface area contributed by atoms with Crippen LogP contribution in [0.15, 0.2) is 48.9 Å². The van der Waals surface area contributed by atoms with Crippen LogP contribution in [-0.4, -0.2) is 39.0 Å². The molecule has 2 N–H and O–H groups in total. The van der Waals surface area contributed by atoms with E-state index in [1.165, 1.54) is 0 Å². The lowest BCUT2D eigenvalue weighted by Crippen LogP contribution is -2.34. The van der Waals surface area contributed by atoms with Gasteiger partial charge in [-0.3, -0.25) is 9.78 Å². The van der Waals surface area contributed by atoms with Crippen molar-refractivity contribution >= 4 is 16.8 Å². The number of aliphatic hydroxyl groups is 1. The molecule has 0 fully saturated rings. The summed E-state index contributed by atoms with van der Waals surface area (Å²) in [5, 5.41) is 10.4. The number of hydrogen-bond donors (Lipinski definition) is 2. The number of nitrogens with one attached hydrogen (secondary N) is 1. The number of aromatic amines is 1. The standard InChI is InChI=1S/C19H21N3O2/c1-14-4-2-6-17-16(12-21-19(14)17)10-18(24)22(8-9-23)13-15-5-3-7-20-11-15/h2-7,11-12,21,23H,8-10,13H2,1H3. The molecule has 0 bridgehead atoms. The van der Waals surface area contributed by atoms with Gasteiger partial charge in [0.1, 0.15) is 0 Å². The number of pyridine rings is 1. The van der Waals surface area contributed by atoms with Crippen LogP contribution < -0.4 is 0 Å². The first kappa shape index (κ1) is 16.2. The number of para-hydroxylation sites is 1. The second-order valence-corrected chi connectivity index (χ2v) is 5.89. The van der Waals surface area contributed by atoms with Gasteiger partial charge in [0.05, 0.1) is 13.0 Å². The molecule has 1 aromatic carbocycles. The van der Waals surface area contributed by atoms with Gasteiger partial charge in [0, 0.05) is 42.6 Å². The van der Waals surface area contributed by atoms with E-state index in [0.717, 1.165) is 27.6 Å². The zero-order chi connectivity index (χ0) is 16.9. The van der Waals surface area contributed by atoms with Gasteiger partial charge in [-0.05, 0) is 29.7 Å². The van der Waals surface area contributed by atoms with E-state index in [1.807, 2.05) is 43.5 Å². The van der Waals surface area contributed by atoms with Gasteiger partial charge in [-0.1, -0.05) is 24.3 Å². The third-order valence-corrected chi connectivity index (χ3v) is 4.17. The Balaban J connectivity index is 1.78. The lowest BCUT2D eigenvalue weighted by molar-refractivity contribution is -0.131. The molecule has 0 saturated carbocycles. The molecule has 5 nitrogen and oxygen atoms in total. The smallest absolute Gasteiger partial charge is 0.227 e. The van der Waals surface area contributed by atoms with Gasteiger partial charge in [0.15, 0.2) is 0 Å². The fourth-order valence-corrected chi connectivity index (χ4v) is 2.91. The Bertz CT molecular complexity index is 827. The van der Waals surface area contributed by atoms with Crippen molar-refractivity contribution in [3.63, 3.8) is 0 Å². The molecule has 0 aliphatic carbocycles. The summed E-state index contributed by atoms with van der Waals surface area (Å²) in [6.45, 7) is 2.76. The number of aromatic nitrogens is 2. The van der Waals surface area contributed by atoms with Gasteiger partial charge < -0.3 is 15.0 Å². The number of aliphatic hydroxyl groups excluding tert-OH is 1. The summed E-state index contributed by atoms with van der Waals surface area (Å²) in [4.78, 5) is 21.7. The normalized spacial score (nSPS) is 10.9. The summed E-state index contributed by atoms with van der Waals surface area (Å²) < 4.78 is 0. The molecule has 0 spiro atoms. The lowest BCUT2D eigenvalue weighted by Gasteiger charge is -2.21. The molecule has 2 heterocycles. The van der Waals surface area contributed by atoms with Crippen molar-refractivity contribution in [3.8, 4) is 0 Å². The molecule has 0 aliphatic heterocycles. The van der Waals surface area contributed by atoms with E-state index in [0.29, 0.717) is 19.5 Å². The van der Waals surface area contributed by atoms with E-state index < -0.39 is 0 Å². The molecule has 0 radical (unpaired) electrons. The van der Waals surface area contributed by atoms with Crippen LogP contribution >= 0.6 is 0 Å². The molecule has 3 aromatic rings. The molecule has 3 rings (SSSR count). The first-order chi connectivity index (χ1) is 11.7. The van der Waals surface area contributed by atoms with Crippen molar-refractivity contribution in [2.75, 3.05) is 13.2 Å². The third kappa shape index (κ3) is 3.46. The van der Waals surface area contributed by atoms with Crippen molar-refractivity contribution in [1.82, 2.24) is 14.9 Å². The first-order valence-electron chi connectivity index (χ1n) is 8.02. The van der Waals surface area contributed by atoms with E-state index in [2.05, 4.69) is 9.97 Å². The number of benzene rings is 1. The van der Waals surface area contributed by atoms with Gasteiger partial charge in [-0.25, -0.2) is 0 Å². The van der Waals surface area contributed by atoms with E-state index >= 15 is 0 Å². The van der Waals surface area contributed by atoms with E-state index in [4.69, 9.17) is 0 Å². The Hall–Kier alpha value is -2.66. The summed E-state index contributed by atoms with van der Waals surface area (Å²) in [7, 11) is 0. The molecule has 0 atom stereocenters. The highest BCUT2D eigenvalue weighted by Crippen LogP contribution is 2.22. The highest BCUT2D eigenvalue weighted by molar-refractivity contribution is 5.90. The van der Waals surface area contributed by atoms with Crippen molar-refractivity contribution in [3.05, 3.63) is 65.6 Å². The minimum atomic E-state index is -0.0566. The molecule has 0 aliphatic rings. The van der Waals surface area contributed by atoms with Gasteiger partial charge in [0.25, 0.3) is 0 Å². The molecular weight excluding hydrogens is 302 g/mol. The minimum Gasteiger partial charge on any atom is -0.395 e. The van der Waals surface area contributed by atoms with Crippen LogP contribution in [0.4, 0.5) is 0 Å². The number of aryl methyl sites for hydroxylation is 1. The highest BCUT2D eigenvalue weighted by Gasteiger charge is 2.16. The number of carbonyl (C=O) groups is 1. The first-order valence-corrected chi connectivity index (χ1v) is 8.02. The fraction of sp³-hybridized carbons (Fsp3) is 0.263. The Morgan fingerprint density at radius 3 is 2.92 bits per heavy atom. The van der Waals surface area contributed by atoms with Crippen molar-refractivity contribution in [2.45, 2.75) is 19.9 Å². The Morgan fingerprint density at radius 1 is 1.29 bits per heavy atom. The predicted molar refractivity (Wildman–Crippen MR) is 93.5 cm³/mol. The molecule has 124 valence electrons. The SMILES string of the molecule is Cc1cccc2c(CC(=O)N(CCO)Cc3cccnc3)c[nH]c12. The third-order valence-electron chi connectivity index (χ3n) is 4.17. The lowest BCUT2D eigenvalue weighted by atomic mass is 10.1. The molecule has 5 heteroatoms. The van der Waals surface area contributed by atoms with Gasteiger partial charge in [0.2, 0.25) is 5.91 Å². The largest absolute Gasteiger partial charge is 0.395 e. The number of amides is 1. The summed E-state index contributed by atoms with van der Waals surface area (Å²) >= 11 is 0. The second kappa shape index (κ2) is 7.27. The van der Waals surface area contributed by atoms with Crippen molar-refractivity contribution in [2.24, 2.45) is 0 Å².